The van der Waals surface area contributed by atoms with Gasteiger partial charge in [0.2, 0.25) is 0 Å². The van der Waals surface area contributed by atoms with Crippen LogP contribution in [0.15, 0.2) is 49.3 Å². The molecule has 0 aliphatic carbocycles. The van der Waals surface area contributed by atoms with Crippen LogP contribution in [-0.4, -0.2) is 42.7 Å². The number of aryl methyl sites for hydroxylation is 1. The van der Waals surface area contributed by atoms with E-state index in [-0.39, 0.29) is 0 Å². The number of hydrogen-bond donors (Lipinski definition) is 0. The average Bonchev–Trinajstić information content (AvgIpc) is 3.07. The highest BCUT2D eigenvalue weighted by atomic mass is 15.3. The molecule has 25 heavy (non-hydrogen) atoms. The van der Waals surface area contributed by atoms with Crippen molar-refractivity contribution in [3.8, 4) is 11.1 Å². The van der Waals surface area contributed by atoms with Crippen LogP contribution in [0.3, 0.4) is 0 Å². The molecule has 1 fully saturated rings. The van der Waals surface area contributed by atoms with E-state index in [0.29, 0.717) is 5.92 Å². The van der Waals surface area contributed by atoms with Crippen LogP contribution in [-0.2, 0) is 13.6 Å². The zero-order chi connectivity index (χ0) is 17.1. The largest absolute Gasteiger partial charge is 0.297 e. The van der Waals surface area contributed by atoms with Crippen LogP contribution in [0, 0.1) is 0 Å². The average molecular weight is 334 g/mol. The molecule has 128 valence electrons. The Labute approximate surface area is 147 Å². The van der Waals surface area contributed by atoms with Gasteiger partial charge in [-0.1, -0.05) is 6.07 Å². The Bertz CT molecular complexity index is 811. The van der Waals surface area contributed by atoms with Crippen LogP contribution in [0.5, 0.6) is 0 Å². The third-order valence-corrected chi connectivity index (χ3v) is 4.91. The van der Waals surface area contributed by atoms with Gasteiger partial charge in [-0.15, -0.1) is 0 Å². The van der Waals surface area contributed by atoms with Gasteiger partial charge >= 0.3 is 0 Å². The Morgan fingerprint density at radius 3 is 2.68 bits per heavy atom. The third kappa shape index (κ3) is 3.58. The lowest BCUT2D eigenvalue weighted by Gasteiger charge is -2.32. The SMILES string of the molecule is Cn1nccc1CN1CCC[C@H](c2ccc(-c3cncnc3)cn2)C1. The quantitative estimate of drug-likeness (QED) is 0.734. The molecule has 0 saturated carbocycles. The van der Waals surface area contributed by atoms with Crippen molar-refractivity contribution in [2.24, 2.45) is 7.05 Å². The number of pyridine rings is 1. The second-order valence-electron chi connectivity index (χ2n) is 6.62. The van der Waals surface area contributed by atoms with Crippen LogP contribution in [0.1, 0.15) is 30.1 Å². The van der Waals surface area contributed by atoms with Gasteiger partial charge in [-0.05, 0) is 31.5 Å². The van der Waals surface area contributed by atoms with Crippen LogP contribution in [0.2, 0.25) is 0 Å². The molecule has 1 atom stereocenters. The lowest BCUT2D eigenvalue weighted by atomic mass is 9.93. The second kappa shape index (κ2) is 7.11. The van der Waals surface area contributed by atoms with Gasteiger partial charge in [-0.25, -0.2) is 9.97 Å². The molecule has 4 heterocycles. The molecule has 4 rings (SSSR count). The molecule has 0 radical (unpaired) electrons. The summed E-state index contributed by atoms with van der Waals surface area (Å²) in [6.07, 6.45) is 11.4. The number of piperidine rings is 1. The second-order valence-corrected chi connectivity index (χ2v) is 6.62. The molecule has 0 N–H and O–H groups in total. The highest BCUT2D eigenvalue weighted by Gasteiger charge is 2.23. The zero-order valence-electron chi connectivity index (χ0n) is 14.4. The number of rotatable bonds is 4. The smallest absolute Gasteiger partial charge is 0.115 e. The normalized spacial score (nSPS) is 18.4. The van der Waals surface area contributed by atoms with E-state index >= 15 is 0 Å². The molecule has 0 spiro atoms. The third-order valence-electron chi connectivity index (χ3n) is 4.91. The summed E-state index contributed by atoms with van der Waals surface area (Å²) in [6, 6.07) is 6.38. The fourth-order valence-electron chi connectivity index (χ4n) is 3.49. The van der Waals surface area contributed by atoms with Gasteiger partial charge in [0.1, 0.15) is 6.33 Å². The van der Waals surface area contributed by atoms with E-state index in [0.717, 1.165) is 30.8 Å². The van der Waals surface area contributed by atoms with Crippen molar-refractivity contribution >= 4 is 0 Å². The molecule has 0 bridgehead atoms. The van der Waals surface area contributed by atoms with Gasteiger partial charge in [-0.2, -0.15) is 5.10 Å². The monoisotopic (exact) mass is 334 g/mol. The summed E-state index contributed by atoms with van der Waals surface area (Å²) in [7, 11) is 2.00. The predicted molar refractivity (Wildman–Crippen MR) is 95.7 cm³/mol. The number of nitrogens with zero attached hydrogens (tertiary/aromatic N) is 6. The van der Waals surface area contributed by atoms with Gasteiger partial charge in [0.15, 0.2) is 0 Å². The number of aromatic nitrogens is 5. The van der Waals surface area contributed by atoms with Gasteiger partial charge < -0.3 is 0 Å². The van der Waals surface area contributed by atoms with Gasteiger partial charge in [0.25, 0.3) is 0 Å². The van der Waals surface area contributed by atoms with Gasteiger partial charge in [0.05, 0.1) is 5.69 Å². The first-order valence-electron chi connectivity index (χ1n) is 8.70. The first-order valence-corrected chi connectivity index (χ1v) is 8.70. The van der Waals surface area contributed by atoms with Gasteiger partial charge in [0, 0.05) is 67.7 Å². The highest BCUT2D eigenvalue weighted by molar-refractivity contribution is 5.60. The number of hydrogen-bond acceptors (Lipinski definition) is 5. The fraction of sp³-hybridized carbons (Fsp3) is 0.368. The molecule has 0 amide bonds. The van der Waals surface area contributed by atoms with Crippen LogP contribution < -0.4 is 0 Å². The topological polar surface area (TPSA) is 59.7 Å². The molecular weight excluding hydrogens is 312 g/mol. The summed E-state index contributed by atoms with van der Waals surface area (Å²) in [6.45, 7) is 3.14. The maximum atomic E-state index is 4.73. The Balaban J connectivity index is 1.45. The van der Waals surface area contributed by atoms with E-state index in [4.69, 9.17) is 4.98 Å². The molecule has 6 nitrogen and oxygen atoms in total. The first-order chi connectivity index (χ1) is 12.3. The van der Waals surface area contributed by atoms with E-state index in [2.05, 4.69) is 38.2 Å². The summed E-state index contributed by atoms with van der Waals surface area (Å²) >= 11 is 0. The van der Waals surface area contributed by atoms with Crippen LogP contribution in [0.4, 0.5) is 0 Å². The molecule has 3 aromatic heterocycles. The maximum Gasteiger partial charge on any atom is 0.115 e. The van der Waals surface area contributed by atoms with Crippen molar-refractivity contribution in [2.45, 2.75) is 25.3 Å². The molecule has 1 aliphatic rings. The minimum atomic E-state index is 0.489. The maximum absolute atomic E-state index is 4.73. The zero-order valence-corrected chi connectivity index (χ0v) is 14.4. The Hall–Kier alpha value is -2.60. The van der Waals surface area contributed by atoms with E-state index < -0.39 is 0 Å². The minimum absolute atomic E-state index is 0.489. The van der Waals surface area contributed by atoms with Crippen molar-refractivity contribution in [1.29, 1.82) is 0 Å². The Morgan fingerprint density at radius 2 is 1.96 bits per heavy atom. The predicted octanol–water partition coefficient (Wildman–Crippen LogP) is 2.65. The summed E-state index contributed by atoms with van der Waals surface area (Å²) < 4.78 is 1.96. The van der Waals surface area contributed by atoms with Gasteiger partial charge in [-0.3, -0.25) is 14.6 Å². The summed E-state index contributed by atoms with van der Waals surface area (Å²) in [5, 5.41) is 4.27. The van der Waals surface area contributed by atoms with Crippen molar-refractivity contribution in [2.75, 3.05) is 13.1 Å². The van der Waals surface area contributed by atoms with Crippen molar-refractivity contribution in [3.05, 3.63) is 60.7 Å². The molecule has 6 heteroatoms. The standard InChI is InChI=1S/C19H22N6/c1-24-18(6-7-23-24)13-25-8-2-3-16(12-25)19-5-4-15(11-22-19)17-9-20-14-21-10-17/h4-7,9-11,14,16H,2-3,8,12-13H2,1H3/t16-/m0/s1. The molecule has 1 saturated heterocycles. The van der Waals surface area contributed by atoms with Crippen molar-refractivity contribution in [3.63, 3.8) is 0 Å². The Morgan fingerprint density at radius 1 is 1.08 bits per heavy atom. The lowest BCUT2D eigenvalue weighted by molar-refractivity contribution is 0.194. The van der Waals surface area contributed by atoms with Crippen molar-refractivity contribution in [1.82, 2.24) is 29.6 Å². The van der Waals surface area contributed by atoms with Crippen LogP contribution >= 0.6 is 0 Å². The van der Waals surface area contributed by atoms with E-state index in [9.17, 15) is 0 Å². The van der Waals surface area contributed by atoms with E-state index in [1.54, 1.807) is 6.33 Å². The molecule has 0 aromatic carbocycles. The summed E-state index contributed by atoms with van der Waals surface area (Å²) in [5.74, 6) is 0.489. The summed E-state index contributed by atoms with van der Waals surface area (Å²) in [4.78, 5) is 15.4. The molecule has 3 aromatic rings. The van der Waals surface area contributed by atoms with Crippen LogP contribution in [0.25, 0.3) is 11.1 Å². The minimum Gasteiger partial charge on any atom is -0.297 e. The highest BCUT2D eigenvalue weighted by Crippen LogP contribution is 2.27. The van der Waals surface area contributed by atoms with Crippen molar-refractivity contribution < 1.29 is 0 Å². The molecule has 1 aliphatic heterocycles. The summed E-state index contributed by atoms with van der Waals surface area (Å²) in [5.41, 5.74) is 4.50. The molecular formula is C19H22N6. The van der Waals surface area contributed by atoms with E-state index in [1.165, 1.54) is 24.2 Å². The van der Waals surface area contributed by atoms with E-state index in [1.807, 2.05) is 36.5 Å². The number of likely N-dealkylation sites (tertiary alicyclic amines) is 1. The molecule has 0 unspecified atom stereocenters. The fourth-order valence-corrected chi connectivity index (χ4v) is 3.49. The Kier molecular flexibility index (Phi) is 4.52. The lowest BCUT2D eigenvalue weighted by Crippen LogP contribution is -2.34. The first kappa shape index (κ1) is 15.9.